The molecule has 0 amide bonds. The summed E-state index contributed by atoms with van der Waals surface area (Å²) in [5.74, 6) is -0.0357. The molecule has 0 aromatic heterocycles. The lowest BCUT2D eigenvalue weighted by Crippen LogP contribution is -2.13. The van der Waals surface area contributed by atoms with Gasteiger partial charge in [-0.25, -0.2) is 0 Å². The number of nitrogens with zero attached hydrogens (tertiary/aromatic N) is 1. The molecule has 1 aliphatic heterocycles. The zero-order chi connectivity index (χ0) is 10.7. The maximum absolute atomic E-state index is 11.7. The minimum atomic E-state index is -0.0357. The van der Waals surface area contributed by atoms with Crippen LogP contribution in [-0.4, -0.2) is 25.6 Å². The van der Waals surface area contributed by atoms with Gasteiger partial charge in [-0.05, 0) is 6.07 Å². The van der Waals surface area contributed by atoms with Crippen LogP contribution in [0.5, 0.6) is 0 Å². The molecule has 2 rings (SSSR count). The van der Waals surface area contributed by atoms with Gasteiger partial charge in [-0.1, -0.05) is 24.3 Å². The Morgan fingerprint density at radius 3 is 3.07 bits per heavy atom. The maximum Gasteiger partial charge on any atom is 0.203 e. The molecule has 0 unspecified atom stereocenters. The van der Waals surface area contributed by atoms with Gasteiger partial charge >= 0.3 is 0 Å². The second-order valence-corrected chi connectivity index (χ2v) is 3.30. The van der Waals surface area contributed by atoms with Crippen LogP contribution in [0, 0.1) is 0 Å². The van der Waals surface area contributed by atoms with Crippen molar-refractivity contribution in [3.63, 3.8) is 0 Å². The first kappa shape index (κ1) is 9.65. The normalized spacial score (nSPS) is 14.3. The molecule has 1 aromatic carbocycles. The molecule has 0 atom stereocenters. The summed E-state index contributed by atoms with van der Waals surface area (Å²) >= 11 is 0. The lowest BCUT2D eigenvalue weighted by Gasteiger charge is -2.17. The molecule has 76 valence electrons. The van der Waals surface area contributed by atoms with Gasteiger partial charge in [-0.15, -0.1) is 0 Å². The first-order chi connectivity index (χ1) is 7.33. The topological polar surface area (TPSA) is 41.5 Å². The monoisotopic (exact) mass is 200 g/mol. The van der Waals surface area contributed by atoms with Crippen molar-refractivity contribution < 1.29 is 4.79 Å². The number of hydrogen-bond donors (Lipinski definition) is 1. The lowest BCUT2D eigenvalue weighted by atomic mass is 9.97. The zero-order valence-corrected chi connectivity index (χ0v) is 8.53. The van der Waals surface area contributed by atoms with Crippen LogP contribution in [0.25, 0.3) is 5.57 Å². The summed E-state index contributed by atoms with van der Waals surface area (Å²) in [5, 5.41) is 3.22. The number of rotatable bonds is 2. The van der Waals surface area contributed by atoms with Crippen molar-refractivity contribution in [2.24, 2.45) is 4.99 Å². The quantitative estimate of drug-likeness (QED) is 0.739. The summed E-state index contributed by atoms with van der Waals surface area (Å²) in [5.41, 5.74) is 2.69. The molecule has 1 heterocycles. The first-order valence-electron chi connectivity index (χ1n) is 4.83. The molecule has 0 fully saturated rings. The van der Waals surface area contributed by atoms with Crippen molar-refractivity contribution in [1.82, 2.24) is 0 Å². The predicted octanol–water partition coefficient (Wildman–Crippen LogP) is 1.77. The third-order valence-electron chi connectivity index (χ3n) is 2.33. The fourth-order valence-electron chi connectivity index (χ4n) is 1.67. The molecular formula is C12H12N2O. The molecule has 3 heteroatoms. The maximum atomic E-state index is 11.7. The molecule has 0 saturated heterocycles. The van der Waals surface area contributed by atoms with Gasteiger partial charge in [-0.2, -0.15) is 0 Å². The Hall–Kier alpha value is -1.90. The summed E-state index contributed by atoms with van der Waals surface area (Å²) in [4.78, 5) is 15.5. The second kappa shape index (κ2) is 4.09. The van der Waals surface area contributed by atoms with Crippen molar-refractivity contribution in [2.45, 2.75) is 0 Å². The van der Waals surface area contributed by atoms with E-state index in [1.165, 1.54) is 6.21 Å². The molecule has 3 nitrogen and oxygen atoms in total. The summed E-state index contributed by atoms with van der Waals surface area (Å²) in [6.07, 6.45) is 3.25. The Balaban J connectivity index is 2.42. The highest BCUT2D eigenvalue weighted by Gasteiger charge is 2.15. The van der Waals surface area contributed by atoms with E-state index in [9.17, 15) is 4.79 Å². The molecule has 0 saturated carbocycles. The number of hydrogen-bond acceptors (Lipinski definition) is 3. The van der Waals surface area contributed by atoms with E-state index in [1.807, 2.05) is 30.3 Å². The van der Waals surface area contributed by atoms with Gasteiger partial charge in [0.15, 0.2) is 0 Å². The van der Waals surface area contributed by atoms with E-state index in [1.54, 1.807) is 7.05 Å². The molecule has 0 bridgehead atoms. The molecule has 1 N–H and O–H groups in total. The lowest BCUT2D eigenvalue weighted by molar-refractivity contribution is -0.107. The Kier molecular flexibility index (Phi) is 2.63. The van der Waals surface area contributed by atoms with E-state index < -0.39 is 0 Å². The smallest absolute Gasteiger partial charge is 0.203 e. The molecular weight excluding hydrogens is 188 g/mol. The van der Waals surface area contributed by atoms with Crippen molar-refractivity contribution >= 4 is 23.3 Å². The van der Waals surface area contributed by atoms with Crippen LogP contribution >= 0.6 is 0 Å². The van der Waals surface area contributed by atoms with Gasteiger partial charge in [0.1, 0.15) is 0 Å². The third-order valence-corrected chi connectivity index (χ3v) is 2.33. The van der Waals surface area contributed by atoms with Gasteiger partial charge < -0.3 is 5.32 Å². The zero-order valence-electron chi connectivity index (χ0n) is 8.53. The number of carbonyl (C=O) groups excluding carboxylic acids is 1. The first-order valence-corrected chi connectivity index (χ1v) is 4.83. The van der Waals surface area contributed by atoms with Crippen LogP contribution < -0.4 is 5.32 Å². The van der Waals surface area contributed by atoms with Crippen molar-refractivity contribution in [3.05, 3.63) is 35.9 Å². The van der Waals surface area contributed by atoms with Gasteiger partial charge in [0.05, 0.1) is 6.21 Å². The molecule has 1 aromatic rings. The van der Waals surface area contributed by atoms with Gasteiger partial charge in [0.25, 0.3) is 0 Å². The highest BCUT2D eigenvalue weighted by atomic mass is 16.1. The van der Waals surface area contributed by atoms with Crippen LogP contribution in [0.3, 0.4) is 0 Å². The number of carbonyl (C=O) groups is 1. The Morgan fingerprint density at radius 2 is 2.27 bits per heavy atom. The fourth-order valence-corrected chi connectivity index (χ4v) is 1.67. The largest absolute Gasteiger partial charge is 0.381 e. The van der Waals surface area contributed by atoms with Gasteiger partial charge in [0.2, 0.25) is 5.78 Å². The summed E-state index contributed by atoms with van der Waals surface area (Å²) in [7, 11) is 1.60. The van der Waals surface area contributed by atoms with E-state index >= 15 is 0 Å². The highest BCUT2D eigenvalue weighted by molar-refractivity contribution is 6.48. The number of para-hydroxylation sites is 1. The standard InChI is InChI=1S/C12H12N2O/c1-13-8-12(15)10-6-7-14-11-5-3-2-4-9(10)11/h2-6,8,14H,7H2,1H3. The van der Waals surface area contributed by atoms with Gasteiger partial charge in [0, 0.05) is 30.4 Å². The van der Waals surface area contributed by atoms with Crippen molar-refractivity contribution in [2.75, 3.05) is 18.9 Å². The number of benzene rings is 1. The second-order valence-electron chi connectivity index (χ2n) is 3.30. The molecule has 0 spiro atoms. The number of aliphatic imine (C=N–C) groups is 1. The summed E-state index contributed by atoms with van der Waals surface area (Å²) in [6.45, 7) is 0.690. The average molecular weight is 200 g/mol. The average Bonchev–Trinajstić information content (AvgIpc) is 2.28. The van der Waals surface area contributed by atoms with Crippen LogP contribution in [0.1, 0.15) is 5.56 Å². The van der Waals surface area contributed by atoms with Crippen LogP contribution in [-0.2, 0) is 4.79 Å². The van der Waals surface area contributed by atoms with Crippen LogP contribution in [0.2, 0.25) is 0 Å². The number of allylic oxidation sites excluding steroid dienone is 1. The van der Waals surface area contributed by atoms with Crippen molar-refractivity contribution in [3.8, 4) is 0 Å². The summed E-state index contributed by atoms with van der Waals surface area (Å²) < 4.78 is 0. The highest BCUT2D eigenvalue weighted by Crippen LogP contribution is 2.27. The van der Waals surface area contributed by atoms with E-state index in [0.29, 0.717) is 6.54 Å². The Bertz CT molecular complexity index is 447. The molecule has 0 radical (unpaired) electrons. The Morgan fingerprint density at radius 1 is 1.47 bits per heavy atom. The summed E-state index contributed by atoms with van der Waals surface area (Å²) in [6, 6.07) is 7.79. The Labute approximate surface area is 88.5 Å². The molecule has 1 aliphatic rings. The van der Waals surface area contributed by atoms with Gasteiger partial charge in [-0.3, -0.25) is 9.79 Å². The fraction of sp³-hybridized carbons (Fsp3) is 0.167. The molecule has 15 heavy (non-hydrogen) atoms. The van der Waals surface area contributed by atoms with Crippen LogP contribution in [0.4, 0.5) is 5.69 Å². The number of fused-ring (bicyclic) bond motifs is 1. The minimum absolute atomic E-state index is 0.0357. The van der Waals surface area contributed by atoms with Crippen molar-refractivity contribution in [1.29, 1.82) is 0 Å². The van der Waals surface area contributed by atoms with Crippen LogP contribution in [0.15, 0.2) is 35.3 Å². The predicted molar refractivity (Wildman–Crippen MR) is 62.3 cm³/mol. The third kappa shape index (κ3) is 1.81. The number of anilines is 1. The van der Waals surface area contributed by atoms with E-state index in [-0.39, 0.29) is 5.78 Å². The SMILES string of the molecule is CN=CC(=O)C1=CCNc2ccccc21. The number of Topliss-reactive ketones (excluding diaryl/α,β-unsaturated/α-hetero) is 1. The number of nitrogens with one attached hydrogen (secondary N) is 1. The number of ketones is 1. The van der Waals surface area contributed by atoms with E-state index in [0.717, 1.165) is 16.8 Å². The minimum Gasteiger partial charge on any atom is -0.381 e. The van der Waals surface area contributed by atoms with E-state index in [4.69, 9.17) is 0 Å². The molecule has 0 aliphatic carbocycles. The van der Waals surface area contributed by atoms with E-state index in [2.05, 4.69) is 10.3 Å².